The molecule has 0 aliphatic rings. The van der Waals surface area contributed by atoms with Crippen LogP contribution in [0, 0.1) is 0 Å². The monoisotopic (exact) mass is 263 g/mol. The topological polar surface area (TPSA) is 113 Å². The number of ether oxygens (including phenoxy) is 1. The van der Waals surface area contributed by atoms with Crippen LogP contribution < -0.4 is 15.8 Å². The highest BCUT2D eigenvalue weighted by Crippen LogP contribution is 2.24. The molecule has 0 aliphatic heterocycles. The minimum Gasteiger partial charge on any atom is -0.496 e. The van der Waals surface area contributed by atoms with Crippen LogP contribution in [-0.2, 0) is 4.79 Å². The van der Waals surface area contributed by atoms with E-state index in [0.717, 1.165) is 0 Å². The number of nitrogens with one attached hydrogen (secondary N) is 1. The highest BCUT2D eigenvalue weighted by Gasteiger charge is 2.20. The molecule has 7 nitrogen and oxygen atoms in total. The fourth-order valence-electron chi connectivity index (χ4n) is 1.71. The van der Waals surface area contributed by atoms with Gasteiger partial charge < -0.3 is 15.8 Å². The number of carbonyl (C=O) groups is 1. The zero-order valence-electron chi connectivity index (χ0n) is 10.7. The Hall–Kier alpha value is -2.24. The largest absolute Gasteiger partial charge is 0.496 e. The molecule has 0 aromatic heterocycles. The number of benzene rings is 1. The molecule has 0 heterocycles. The molecule has 1 aromatic carbocycles. The van der Waals surface area contributed by atoms with Gasteiger partial charge >= 0.3 is 0 Å². The Morgan fingerprint density at radius 2 is 2.32 bits per heavy atom. The molecular formula is C12H17N5O2. The van der Waals surface area contributed by atoms with E-state index in [2.05, 4.69) is 15.3 Å². The van der Waals surface area contributed by atoms with E-state index in [0.29, 0.717) is 30.8 Å². The number of methoxy groups -OCH3 is 1. The third-order valence-corrected chi connectivity index (χ3v) is 2.58. The average molecular weight is 263 g/mol. The van der Waals surface area contributed by atoms with Crippen LogP contribution in [0.3, 0.4) is 0 Å². The highest BCUT2D eigenvalue weighted by molar-refractivity contribution is 5.82. The summed E-state index contributed by atoms with van der Waals surface area (Å²) in [6, 6.07) is 6.57. The summed E-state index contributed by atoms with van der Waals surface area (Å²) in [7, 11) is 1.54. The van der Waals surface area contributed by atoms with E-state index in [9.17, 15) is 4.79 Å². The third kappa shape index (κ3) is 4.50. The van der Waals surface area contributed by atoms with Crippen molar-refractivity contribution in [2.75, 3.05) is 20.2 Å². The quantitative estimate of drug-likeness (QED) is 0.320. The van der Waals surface area contributed by atoms with Crippen molar-refractivity contribution >= 4 is 5.91 Å². The van der Waals surface area contributed by atoms with Gasteiger partial charge in [-0.15, -0.1) is 0 Å². The molecule has 1 aromatic rings. The van der Waals surface area contributed by atoms with Crippen molar-refractivity contribution in [3.8, 4) is 5.75 Å². The first-order valence-electron chi connectivity index (χ1n) is 5.87. The van der Waals surface area contributed by atoms with Gasteiger partial charge in [0.25, 0.3) is 0 Å². The predicted molar refractivity (Wildman–Crippen MR) is 71.6 cm³/mol. The summed E-state index contributed by atoms with van der Waals surface area (Å²) in [5.74, 6) is 0.127. The molecular weight excluding hydrogens is 246 g/mol. The van der Waals surface area contributed by atoms with Crippen LogP contribution in [0.25, 0.3) is 10.4 Å². The van der Waals surface area contributed by atoms with Crippen LogP contribution in [0.1, 0.15) is 18.0 Å². The first-order valence-corrected chi connectivity index (χ1v) is 5.87. The lowest BCUT2D eigenvalue weighted by molar-refractivity contribution is -0.120. The van der Waals surface area contributed by atoms with Gasteiger partial charge in [0.1, 0.15) is 11.8 Å². The lowest BCUT2D eigenvalue weighted by atomic mass is 10.0. The zero-order valence-corrected chi connectivity index (χ0v) is 10.7. The molecule has 1 amide bonds. The average Bonchev–Trinajstić information content (AvgIpc) is 2.42. The van der Waals surface area contributed by atoms with E-state index in [-0.39, 0.29) is 0 Å². The van der Waals surface area contributed by atoms with Crippen LogP contribution in [-0.4, -0.2) is 26.1 Å². The summed E-state index contributed by atoms with van der Waals surface area (Å²) in [5.41, 5.74) is 14.2. The lowest BCUT2D eigenvalue weighted by Crippen LogP contribution is -2.34. The Bertz CT molecular complexity index is 471. The summed E-state index contributed by atoms with van der Waals surface area (Å²) < 4.78 is 5.21. The van der Waals surface area contributed by atoms with Crippen LogP contribution in [0.2, 0.25) is 0 Å². The van der Waals surface area contributed by atoms with Gasteiger partial charge in [0, 0.05) is 17.0 Å². The minimum atomic E-state index is -0.623. The molecule has 0 aliphatic carbocycles. The smallest absolute Gasteiger partial charge is 0.239 e. The normalized spacial score (nSPS) is 11.4. The van der Waals surface area contributed by atoms with Gasteiger partial charge in [0.2, 0.25) is 5.91 Å². The SMILES string of the molecule is COc1ccccc1C(NCCCN=[N+]=[N-])C(N)=O. The van der Waals surface area contributed by atoms with Gasteiger partial charge in [-0.25, -0.2) is 0 Å². The van der Waals surface area contributed by atoms with Crippen molar-refractivity contribution in [2.45, 2.75) is 12.5 Å². The molecule has 0 saturated carbocycles. The molecule has 1 unspecified atom stereocenters. The molecule has 0 spiro atoms. The van der Waals surface area contributed by atoms with E-state index >= 15 is 0 Å². The van der Waals surface area contributed by atoms with Gasteiger partial charge in [-0.3, -0.25) is 4.79 Å². The standard InChI is InChI=1S/C12H17N5O2/c1-19-10-6-3-2-5-9(10)11(12(13)18)15-7-4-8-16-17-14/h2-3,5-6,11,15H,4,7-8H2,1H3,(H2,13,18). The molecule has 1 rings (SSSR count). The van der Waals surface area contributed by atoms with Crippen molar-refractivity contribution in [3.05, 3.63) is 40.3 Å². The fourth-order valence-corrected chi connectivity index (χ4v) is 1.71. The number of primary amides is 1. The second-order valence-corrected chi connectivity index (χ2v) is 3.84. The summed E-state index contributed by atoms with van der Waals surface area (Å²) in [5, 5.41) is 6.45. The number of rotatable bonds is 8. The summed E-state index contributed by atoms with van der Waals surface area (Å²) >= 11 is 0. The van der Waals surface area contributed by atoms with Gasteiger partial charge in [0.05, 0.1) is 7.11 Å². The van der Waals surface area contributed by atoms with Crippen LogP contribution in [0.5, 0.6) is 5.75 Å². The fraction of sp³-hybridized carbons (Fsp3) is 0.417. The summed E-state index contributed by atoms with van der Waals surface area (Å²) in [6.45, 7) is 0.894. The van der Waals surface area contributed by atoms with E-state index < -0.39 is 11.9 Å². The maximum atomic E-state index is 11.5. The maximum Gasteiger partial charge on any atom is 0.239 e. The second kappa shape index (κ2) is 7.97. The molecule has 0 saturated heterocycles. The molecule has 0 fully saturated rings. The first kappa shape index (κ1) is 14.8. The van der Waals surface area contributed by atoms with E-state index in [1.807, 2.05) is 12.1 Å². The number of azide groups is 1. The Labute approximate surface area is 111 Å². The van der Waals surface area contributed by atoms with Crippen molar-refractivity contribution in [2.24, 2.45) is 10.8 Å². The second-order valence-electron chi connectivity index (χ2n) is 3.84. The zero-order chi connectivity index (χ0) is 14.1. The minimum absolute atomic E-state index is 0.376. The molecule has 1 atom stereocenters. The highest BCUT2D eigenvalue weighted by atomic mass is 16.5. The number of carbonyl (C=O) groups excluding carboxylic acids is 1. The van der Waals surface area contributed by atoms with E-state index in [1.165, 1.54) is 0 Å². The van der Waals surface area contributed by atoms with E-state index in [4.69, 9.17) is 16.0 Å². The molecule has 0 radical (unpaired) electrons. The summed E-state index contributed by atoms with van der Waals surface area (Å²) in [6.07, 6.45) is 0.628. The Kier molecular flexibility index (Phi) is 6.21. The van der Waals surface area contributed by atoms with Gasteiger partial charge in [-0.1, -0.05) is 23.3 Å². The number of nitrogens with zero attached hydrogens (tertiary/aromatic N) is 3. The molecule has 0 bridgehead atoms. The number of para-hydroxylation sites is 1. The van der Waals surface area contributed by atoms with Crippen molar-refractivity contribution in [1.29, 1.82) is 0 Å². The summed E-state index contributed by atoms with van der Waals surface area (Å²) in [4.78, 5) is 14.2. The Morgan fingerprint density at radius 3 is 2.95 bits per heavy atom. The maximum absolute atomic E-state index is 11.5. The van der Waals surface area contributed by atoms with Crippen molar-refractivity contribution < 1.29 is 9.53 Å². The molecule has 7 heteroatoms. The van der Waals surface area contributed by atoms with Crippen LogP contribution in [0.4, 0.5) is 0 Å². The van der Waals surface area contributed by atoms with Crippen molar-refractivity contribution in [3.63, 3.8) is 0 Å². The van der Waals surface area contributed by atoms with Crippen LogP contribution >= 0.6 is 0 Å². The molecule has 19 heavy (non-hydrogen) atoms. The molecule has 102 valence electrons. The number of amides is 1. The predicted octanol–water partition coefficient (Wildman–Crippen LogP) is 1.51. The number of hydrogen-bond donors (Lipinski definition) is 2. The third-order valence-electron chi connectivity index (χ3n) is 2.58. The molecule has 3 N–H and O–H groups in total. The van der Waals surface area contributed by atoms with Crippen molar-refractivity contribution in [1.82, 2.24) is 5.32 Å². The van der Waals surface area contributed by atoms with Gasteiger partial charge in [-0.05, 0) is 24.6 Å². The van der Waals surface area contributed by atoms with Gasteiger partial charge in [-0.2, -0.15) is 0 Å². The lowest BCUT2D eigenvalue weighted by Gasteiger charge is -2.18. The van der Waals surface area contributed by atoms with E-state index in [1.54, 1.807) is 19.2 Å². The van der Waals surface area contributed by atoms with Crippen LogP contribution in [0.15, 0.2) is 29.4 Å². The number of hydrogen-bond acceptors (Lipinski definition) is 4. The van der Waals surface area contributed by atoms with Gasteiger partial charge in [0.15, 0.2) is 0 Å². The Balaban J connectivity index is 2.71. The number of nitrogens with two attached hydrogens (primary N) is 1. The Morgan fingerprint density at radius 1 is 1.58 bits per heavy atom. The first-order chi connectivity index (χ1) is 9.20.